The Morgan fingerprint density at radius 3 is 2.52 bits per heavy atom. The number of hydrogen-bond donors (Lipinski definition) is 1. The summed E-state index contributed by atoms with van der Waals surface area (Å²) in [7, 11) is 0. The number of carbonyl (C=O) groups is 1. The third-order valence-electron chi connectivity index (χ3n) is 2.47. The van der Waals surface area contributed by atoms with Gasteiger partial charge in [-0.2, -0.15) is 0 Å². The van der Waals surface area contributed by atoms with Crippen LogP contribution in [0.15, 0.2) is 30.5 Å². The van der Waals surface area contributed by atoms with Gasteiger partial charge >= 0.3 is 0 Å². The topological polar surface area (TPSA) is 85.1 Å². The number of benzene rings is 1. The molecule has 1 aromatic heterocycles. The van der Waals surface area contributed by atoms with Crippen LogP contribution in [0.2, 0.25) is 15.2 Å². The molecule has 108 valence electrons. The van der Waals surface area contributed by atoms with Gasteiger partial charge in [0.05, 0.1) is 15.5 Å². The van der Waals surface area contributed by atoms with E-state index in [0.29, 0.717) is 5.69 Å². The van der Waals surface area contributed by atoms with Gasteiger partial charge in [-0.15, -0.1) is 0 Å². The van der Waals surface area contributed by atoms with E-state index in [4.69, 9.17) is 34.8 Å². The van der Waals surface area contributed by atoms with E-state index in [1.165, 1.54) is 30.5 Å². The first-order chi connectivity index (χ1) is 9.88. The van der Waals surface area contributed by atoms with Crippen molar-refractivity contribution in [3.8, 4) is 0 Å². The van der Waals surface area contributed by atoms with Crippen molar-refractivity contribution in [1.29, 1.82) is 0 Å². The molecule has 9 heteroatoms. The number of nitrogens with zero attached hydrogens (tertiary/aromatic N) is 2. The van der Waals surface area contributed by atoms with Crippen LogP contribution < -0.4 is 5.32 Å². The molecule has 0 aliphatic carbocycles. The van der Waals surface area contributed by atoms with Gasteiger partial charge in [0.15, 0.2) is 0 Å². The summed E-state index contributed by atoms with van der Waals surface area (Å²) in [5.41, 5.74) is 0.172. The third-order valence-corrected chi connectivity index (χ3v) is 3.28. The molecule has 0 unspecified atom stereocenters. The summed E-state index contributed by atoms with van der Waals surface area (Å²) in [5.74, 6) is -0.533. The molecular formula is C12H6Cl3N3O3. The predicted octanol–water partition coefficient (Wildman–Crippen LogP) is 4.20. The fourth-order valence-electron chi connectivity index (χ4n) is 1.52. The molecule has 2 rings (SSSR count). The summed E-state index contributed by atoms with van der Waals surface area (Å²) in [5, 5.41) is 13.3. The van der Waals surface area contributed by atoms with E-state index in [2.05, 4.69) is 10.3 Å². The first kappa shape index (κ1) is 15.5. The van der Waals surface area contributed by atoms with Crippen molar-refractivity contribution in [3.63, 3.8) is 0 Å². The van der Waals surface area contributed by atoms with Crippen molar-refractivity contribution in [3.05, 3.63) is 61.3 Å². The van der Waals surface area contributed by atoms with Gasteiger partial charge in [-0.25, -0.2) is 4.98 Å². The zero-order valence-electron chi connectivity index (χ0n) is 10.1. The first-order valence-corrected chi connectivity index (χ1v) is 6.58. The quantitative estimate of drug-likeness (QED) is 0.512. The largest absolute Gasteiger partial charge is 0.322 e. The number of aromatic nitrogens is 1. The third kappa shape index (κ3) is 3.60. The van der Waals surface area contributed by atoms with Crippen LogP contribution in [-0.4, -0.2) is 15.8 Å². The molecule has 21 heavy (non-hydrogen) atoms. The van der Waals surface area contributed by atoms with Crippen molar-refractivity contribution >= 4 is 52.1 Å². The zero-order valence-corrected chi connectivity index (χ0v) is 12.4. The van der Waals surface area contributed by atoms with Crippen LogP contribution in [0.3, 0.4) is 0 Å². The molecule has 0 aliphatic rings. The normalized spacial score (nSPS) is 10.2. The highest BCUT2D eigenvalue weighted by molar-refractivity contribution is 6.36. The van der Waals surface area contributed by atoms with Crippen molar-refractivity contribution in [2.45, 2.75) is 0 Å². The molecule has 0 atom stereocenters. The molecule has 6 nitrogen and oxygen atoms in total. The van der Waals surface area contributed by atoms with Crippen LogP contribution in [0.25, 0.3) is 0 Å². The van der Waals surface area contributed by atoms with Gasteiger partial charge in [-0.3, -0.25) is 14.9 Å². The Morgan fingerprint density at radius 1 is 1.19 bits per heavy atom. The summed E-state index contributed by atoms with van der Waals surface area (Å²) in [4.78, 5) is 25.8. The average molecular weight is 347 g/mol. The van der Waals surface area contributed by atoms with E-state index in [0.717, 1.165) is 0 Å². The summed E-state index contributed by atoms with van der Waals surface area (Å²) < 4.78 is 0. The van der Waals surface area contributed by atoms with E-state index in [1.54, 1.807) is 0 Å². The lowest BCUT2D eigenvalue weighted by molar-refractivity contribution is -0.384. The van der Waals surface area contributed by atoms with Gasteiger partial charge in [0.25, 0.3) is 11.6 Å². The molecule has 0 aliphatic heterocycles. The fourth-order valence-corrected chi connectivity index (χ4v) is 2.11. The number of hydrogen-bond acceptors (Lipinski definition) is 4. The highest BCUT2D eigenvalue weighted by Crippen LogP contribution is 2.28. The molecule has 1 amide bonds. The molecule has 0 bridgehead atoms. The summed E-state index contributed by atoms with van der Waals surface area (Å²) >= 11 is 17.3. The molecule has 0 saturated heterocycles. The minimum absolute atomic E-state index is 0.0864. The van der Waals surface area contributed by atoms with Crippen molar-refractivity contribution in [2.24, 2.45) is 0 Å². The van der Waals surface area contributed by atoms with Gasteiger partial charge in [-0.05, 0) is 18.2 Å². The lowest BCUT2D eigenvalue weighted by Gasteiger charge is -2.07. The zero-order chi connectivity index (χ0) is 15.6. The number of anilines is 1. The molecule has 0 spiro atoms. The van der Waals surface area contributed by atoms with Crippen LogP contribution >= 0.6 is 34.8 Å². The van der Waals surface area contributed by atoms with Crippen LogP contribution in [-0.2, 0) is 0 Å². The molecular weight excluding hydrogens is 341 g/mol. The predicted molar refractivity (Wildman–Crippen MR) is 80.3 cm³/mol. The number of pyridine rings is 1. The maximum absolute atomic E-state index is 12.1. The second-order valence-electron chi connectivity index (χ2n) is 3.86. The Balaban J connectivity index is 2.26. The summed E-state index contributed by atoms with van der Waals surface area (Å²) in [6, 6.07) is 5.14. The van der Waals surface area contributed by atoms with Gasteiger partial charge in [-0.1, -0.05) is 34.8 Å². The summed E-state index contributed by atoms with van der Waals surface area (Å²) in [6.07, 6.45) is 1.25. The van der Waals surface area contributed by atoms with Crippen molar-refractivity contribution in [2.75, 3.05) is 5.32 Å². The minimum Gasteiger partial charge on any atom is -0.322 e. The SMILES string of the molecule is O=C(Nc1ccc([N+](=O)[O-])c(Cl)c1)c1cc(Cl)ncc1Cl. The molecule has 2 aromatic rings. The van der Waals surface area contributed by atoms with E-state index in [-0.39, 0.29) is 26.4 Å². The second-order valence-corrected chi connectivity index (χ2v) is 5.07. The van der Waals surface area contributed by atoms with E-state index in [9.17, 15) is 14.9 Å². The number of amides is 1. The van der Waals surface area contributed by atoms with E-state index in [1.807, 2.05) is 0 Å². The fraction of sp³-hybridized carbons (Fsp3) is 0. The average Bonchev–Trinajstić information content (AvgIpc) is 2.41. The summed E-state index contributed by atoms with van der Waals surface area (Å²) in [6.45, 7) is 0. The molecule has 1 aromatic carbocycles. The molecule has 1 heterocycles. The van der Waals surface area contributed by atoms with Crippen LogP contribution in [0, 0.1) is 10.1 Å². The number of nitro groups is 1. The van der Waals surface area contributed by atoms with Crippen molar-refractivity contribution < 1.29 is 9.72 Å². The Bertz CT molecular complexity index is 737. The number of nitrogens with one attached hydrogen (secondary N) is 1. The maximum atomic E-state index is 12.1. The lowest BCUT2D eigenvalue weighted by atomic mass is 10.2. The van der Waals surface area contributed by atoms with E-state index >= 15 is 0 Å². The first-order valence-electron chi connectivity index (χ1n) is 5.45. The molecule has 0 fully saturated rings. The number of carbonyl (C=O) groups excluding carboxylic acids is 1. The van der Waals surface area contributed by atoms with Crippen LogP contribution in [0.1, 0.15) is 10.4 Å². The molecule has 0 saturated carbocycles. The van der Waals surface area contributed by atoms with Crippen molar-refractivity contribution in [1.82, 2.24) is 4.98 Å². The highest BCUT2D eigenvalue weighted by atomic mass is 35.5. The Labute approximate surface area is 133 Å². The van der Waals surface area contributed by atoms with Gasteiger partial charge in [0.2, 0.25) is 0 Å². The van der Waals surface area contributed by atoms with Gasteiger partial charge < -0.3 is 5.32 Å². The monoisotopic (exact) mass is 345 g/mol. The van der Waals surface area contributed by atoms with Gasteiger partial charge in [0, 0.05) is 18.0 Å². The lowest BCUT2D eigenvalue weighted by Crippen LogP contribution is -2.12. The Morgan fingerprint density at radius 2 is 1.90 bits per heavy atom. The maximum Gasteiger partial charge on any atom is 0.288 e. The molecule has 1 N–H and O–H groups in total. The van der Waals surface area contributed by atoms with Crippen LogP contribution in [0.4, 0.5) is 11.4 Å². The highest BCUT2D eigenvalue weighted by Gasteiger charge is 2.15. The minimum atomic E-state index is -0.618. The Kier molecular flexibility index (Phi) is 4.62. The number of nitro benzene ring substituents is 1. The molecule has 0 radical (unpaired) electrons. The number of rotatable bonds is 3. The van der Waals surface area contributed by atoms with Gasteiger partial charge in [0.1, 0.15) is 10.2 Å². The standard InChI is InChI=1S/C12H6Cl3N3O3/c13-8-3-6(1-2-10(8)18(20)21)17-12(19)7-4-11(15)16-5-9(7)14/h1-5H,(H,17,19). The van der Waals surface area contributed by atoms with E-state index < -0.39 is 10.8 Å². The number of halogens is 3. The van der Waals surface area contributed by atoms with Crippen LogP contribution in [0.5, 0.6) is 0 Å². The smallest absolute Gasteiger partial charge is 0.288 e. The Hall–Kier alpha value is -1.89. The second kappa shape index (κ2) is 6.26.